The van der Waals surface area contributed by atoms with Crippen molar-refractivity contribution in [2.24, 2.45) is 0 Å². The maximum Gasteiger partial charge on any atom is 0.408 e. The number of amides is 3. The second kappa shape index (κ2) is 12.8. The highest BCUT2D eigenvalue weighted by molar-refractivity contribution is 6.34. The fourth-order valence-corrected chi connectivity index (χ4v) is 4.06. The molecule has 0 radical (unpaired) electrons. The van der Waals surface area contributed by atoms with E-state index < -0.39 is 29.7 Å². The second-order valence-corrected chi connectivity index (χ2v) is 10.2. The van der Waals surface area contributed by atoms with Crippen molar-refractivity contribution in [2.75, 3.05) is 11.9 Å². The molecule has 36 heavy (non-hydrogen) atoms. The molecule has 0 aliphatic rings. The molecule has 0 bridgehead atoms. The number of carbonyl (C=O) groups excluding carboxylic acids is 3. The van der Waals surface area contributed by atoms with E-state index in [1.807, 2.05) is 50.2 Å². The van der Waals surface area contributed by atoms with Crippen molar-refractivity contribution in [1.82, 2.24) is 10.2 Å². The van der Waals surface area contributed by atoms with Gasteiger partial charge in [-0.15, -0.1) is 0 Å². The van der Waals surface area contributed by atoms with Crippen LogP contribution in [0.5, 0.6) is 0 Å². The van der Waals surface area contributed by atoms with Crippen molar-refractivity contribution >= 4 is 35.2 Å². The third kappa shape index (κ3) is 7.98. The van der Waals surface area contributed by atoms with Crippen LogP contribution < -0.4 is 10.6 Å². The molecule has 0 saturated carbocycles. The number of hydrogen-bond acceptors (Lipinski definition) is 4. The van der Waals surface area contributed by atoms with Gasteiger partial charge >= 0.3 is 6.09 Å². The van der Waals surface area contributed by atoms with Gasteiger partial charge in [-0.3, -0.25) is 9.59 Å². The Labute approximate surface area is 219 Å². The molecule has 196 valence electrons. The van der Waals surface area contributed by atoms with Crippen molar-refractivity contribution in [2.45, 2.75) is 79.0 Å². The number of nitrogens with zero attached hydrogens (tertiary/aromatic N) is 1. The predicted molar refractivity (Wildman–Crippen MR) is 144 cm³/mol. The normalized spacial score (nSPS) is 12.9. The lowest BCUT2D eigenvalue weighted by Gasteiger charge is -2.33. The summed E-state index contributed by atoms with van der Waals surface area (Å²) in [6.07, 6.45) is 0.775. The first-order valence-electron chi connectivity index (χ1n) is 12.3. The zero-order valence-corrected chi connectivity index (χ0v) is 23.0. The lowest BCUT2D eigenvalue weighted by atomic mass is 10.00. The number of carbonyl (C=O) groups is 3. The Balaban J connectivity index is 2.44. The first-order chi connectivity index (χ1) is 16.9. The average molecular weight is 516 g/mol. The van der Waals surface area contributed by atoms with Crippen LogP contribution in [-0.2, 0) is 20.7 Å². The van der Waals surface area contributed by atoms with Gasteiger partial charge in [0.2, 0.25) is 5.91 Å². The first kappa shape index (κ1) is 29.2. The smallest absolute Gasteiger partial charge is 0.408 e. The van der Waals surface area contributed by atoms with Gasteiger partial charge in [0.05, 0.1) is 10.7 Å². The molecule has 0 aromatic heterocycles. The summed E-state index contributed by atoms with van der Waals surface area (Å²) in [5, 5.41) is 5.95. The molecular weight excluding hydrogens is 478 g/mol. The zero-order valence-electron chi connectivity index (χ0n) is 22.3. The molecule has 0 heterocycles. The molecule has 2 aromatic carbocycles. The van der Waals surface area contributed by atoms with Crippen molar-refractivity contribution < 1.29 is 19.1 Å². The van der Waals surface area contributed by atoms with Crippen LogP contribution in [0.1, 0.15) is 70.7 Å². The van der Waals surface area contributed by atoms with Gasteiger partial charge in [0.1, 0.15) is 17.7 Å². The number of hydrogen-bond donors (Lipinski definition) is 2. The van der Waals surface area contributed by atoms with E-state index in [0.29, 0.717) is 29.2 Å². The number of aryl methyl sites for hydroxylation is 2. The summed E-state index contributed by atoms with van der Waals surface area (Å²) in [4.78, 5) is 41.2. The minimum atomic E-state index is -0.929. The Morgan fingerprint density at radius 2 is 1.69 bits per heavy atom. The molecule has 3 amide bonds. The van der Waals surface area contributed by atoms with Crippen LogP contribution in [0.15, 0.2) is 42.5 Å². The third-order valence-electron chi connectivity index (χ3n) is 5.59. The molecule has 0 saturated heterocycles. The standard InChI is InChI=1S/C28H38ClN3O4/c1-8-17-32(26(34)19(4)30-27(35)36-28(5,6)7)24(21-15-13-20(9-2)14-16-21)25(33)31-23-18(3)11-10-12-22(23)29/h10-16,19,24H,8-9,17H2,1-7H3,(H,30,35)(H,31,33). The zero-order chi connectivity index (χ0) is 27.0. The molecule has 0 aliphatic heterocycles. The van der Waals surface area contributed by atoms with E-state index in [0.717, 1.165) is 17.5 Å². The van der Waals surface area contributed by atoms with Gasteiger partial charge in [-0.1, -0.05) is 61.8 Å². The molecule has 2 rings (SSSR count). The molecule has 7 nitrogen and oxygen atoms in total. The Kier molecular flexibility index (Phi) is 10.3. The molecule has 8 heteroatoms. The Bertz CT molecular complexity index is 1040. The highest BCUT2D eigenvalue weighted by Crippen LogP contribution is 2.29. The summed E-state index contributed by atoms with van der Waals surface area (Å²) >= 11 is 6.37. The van der Waals surface area contributed by atoms with Crippen LogP contribution in [-0.4, -0.2) is 41.0 Å². The summed E-state index contributed by atoms with van der Waals surface area (Å²) in [6, 6.07) is 11.2. The number of nitrogens with one attached hydrogen (secondary N) is 2. The molecule has 0 fully saturated rings. The van der Waals surface area contributed by atoms with Gasteiger partial charge in [-0.05, 0) is 70.2 Å². The largest absolute Gasteiger partial charge is 0.444 e. The Morgan fingerprint density at radius 3 is 2.22 bits per heavy atom. The Hall–Kier alpha value is -3.06. The van der Waals surface area contributed by atoms with E-state index in [2.05, 4.69) is 17.6 Å². The molecular formula is C28H38ClN3O4. The van der Waals surface area contributed by atoms with Crippen LogP contribution in [0.25, 0.3) is 0 Å². The van der Waals surface area contributed by atoms with Gasteiger partial charge < -0.3 is 20.3 Å². The number of rotatable bonds is 9. The van der Waals surface area contributed by atoms with Gasteiger partial charge in [0.25, 0.3) is 5.91 Å². The molecule has 2 unspecified atom stereocenters. The number of halogens is 1. The fraction of sp³-hybridized carbons (Fsp3) is 0.464. The number of para-hydroxylation sites is 1. The summed E-state index contributed by atoms with van der Waals surface area (Å²) in [5.74, 6) is -0.778. The van der Waals surface area contributed by atoms with Crippen molar-refractivity contribution in [3.63, 3.8) is 0 Å². The van der Waals surface area contributed by atoms with Crippen LogP contribution in [0.2, 0.25) is 5.02 Å². The Morgan fingerprint density at radius 1 is 1.06 bits per heavy atom. The maximum atomic E-state index is 13.7. The fourth-order valence-electron chi connectivity index (χ4n) is 3.79. The van der Waals surface area contributed by atoms with Gasteiger partial charge in [0.15, 0.2) is 0 Å². The summed E-state index contributed by atoms with van der Waals surface area (Å²) < 4.78 is 5.31. The molecule has 2 aromatic rings. The van der Waals surface area contributed by atoms with E-state index in [-0.39, 0.29) is 5.91 Å². The van der Waals surface area contributed by atoms with Crippen molar-refractivity contribution in [1.29, 1.82) is 0 Å². The summed E-state index contributed by atoms with van der Waals surface area (Å²) in [6.45, 7) is 13.0. The first-order valence-corrected chi connectivity index (χ1v) is 12.7. The van der Waals surface area contributed by atoms with Crippen molar-refractivity contribution in [3.05, 3.63) is 64.2 Å². The van der Waals surface area contributed by atoms with Crippen LogP contribution in [0, 0.1) is 6.92 Å². The minimum absolute atomic E-state index is 0.314. The molecule has 0 aliphatic carbocycles. The summed E-state index contributed by atoms with van der Waals surface area (Å²) in [7, 11) is 0. The lowest BCUT2D eigenvalue weighted by Crippen LogP contribution is -2.51. The van der Waals surface area contributed by atoms with E-state index in [4.69, 9.17) is 16.3 Å². The highest BCUT2D eigenvalue weighted by atomic mass is 35.5. The topological polar surface area (TPSA) is 87.7 Å². The SMILES string of the molecule is CCCN(C(=O)C(C)NC(=O)OC(C)(C)C)C(C(=O)Nc1c(C)cccc1Cl)c1ccc(CC)cc1. The van der Waals surface area contributed by atoms with E-state index in [1.165, 1.54) is 4.90 Å². The van der Waals surface area contributed by atoms with Crippen LogP contribution in [0.4, 0.5) is 10.5 Å². The summed E-state index contributed by atoms with van der Waals surface area (Å²) in [5.41, 5.74) is 2.40. The number of ether oxygens (including phenoxy) is 1. The quantitative estimate of drug-likeness (QED) is 0.426. The molecule has 2 N–H and O–H groups in total. The van der Waals surface area contributed by atoms with Crippen LogP contribution in [0.3, 0.4) is 0 Å². The molecule has 2 atom stereocenters. The van der Waals surface area contributed by atoms with E-state index in [1.54, 1.807) is 33.8 Å². The predicted octanol–water partition coefficient (Wildman–Crippen LogP) is 6.04. The highest BCUT2D eigenvalue weighted by Gasteiger charge is 2.34. The second-order valence-electron chi connectivity index (χ2n) is 9.82. The van der Waals surface area contributed by atoms with Crippen LogP contribution >= 0.6 is 11.6 Å². The van der Waals surface area contributed by atoms with E-state index in [9.17, 15) is 14.4 Å². The van der Waals surface area contributed by atoms with Gasteiger partial charge in [-0.25, -0.2) is 4.79 Å². The monoisotopic (exact) mass is 515 g/mol. The third-order valence-corrected chi connectivity index (χ3v) is 5.90. The number of alkyl carbamates (subject to hydrolysis) is 1. The number of benzene rings is 2. The average Bonchev–Trinajstić information content (AvgIpc) is 2.79. The minimum Gasteiger partial charge on any atom is -0.444 e. The van der Waals surface area contributed by atoms with Crippen molar-refractivity contribution in [3.8, 4) is 0 Å². The van der Waals surface area contributed by atoms with Gasteiger partial charge in [-0.2, -0.15) is 0 Å². The maximum absolute atomic E-state index is 13.7. The van der Waals surface area contributed by atoms with E-state index >= 15 is 0 Å². The number of anilines is 1. The van der Waals surface area contributed by atoms with Gasteiger partial charge in [0, 0.05) is 6.54 Å². The lowest BCUT2D eigenvalue weighted by molar-refractivity contribution is -0.140. The molecule has 0 spiro atoms.